The first-order valence-electron chi connectivity index (χ1n) is 6.40. The molecule has 0 spiro atoms. The molecule has 100 valence electrons. The fraction of sp³-hybridized carbons (Fsp3) is 0.250. The zero-order chi connectivity index (χ0) is 13.8. The van der Waals surface area contributed by atoms with Crippen molar-refractivity contribution in [2.24, 2.45) is 0 Å². The lowest BCUT2D eigenvalue weighted by Crippen LogP contribution is -1.94. The van der Waals surface area contributed by atoms with E-state index in [4.69, 9.17) is 0 Å². The summed E-state index contributed by atoms with van der Waals surface area (Å²) in [5.74, 6) is -0.385. The van der Waals surface area contributed by atoms with Crippen LogP contribution in [0.2, 0.25) is 0 Å². The molecule has 0 amide bonds. The smallest absolute Gasteiger partial charge is 0.127 e. The van der Waals surface area contributed by atoms with Crippen molar-refractivity contribution in [3.8, 4) is 0 Å². The summed E-state index contributed by atoms with van der Waals surface area (Å²) in [6.07, 6.45) is 1.26. The van der Waals surface area contributed by atoms with Crippen LogP contribution in [0.4, 0.5) is 8.78 Å². The van der Waals surface area contributed by atoms with Crippen molar-refractivity contribution in [2.45, 2.75) is 36.5 Å². The molecule has 0 aromatic heterocycles. The van der Waals surface area contributed by atoms with E-state index in [1.54, 1.807) is 12.1 Å². The van der Waals surface area contributed by atoms with Gasteiger partial charge in [-0.05, 0) is 37.1 Å². The second kappa shape index (κ2) is 6.20. The Morgan fingerprint density at radius 1 is 0.789 bits per heavy atom. The largest absolute Gasteiger partial charge is 0.207 e. The molecule has 2 aromatic carbocycles. The molecule has 0 aliphatic heterocycles. The molecule has 0 saturated carbocycles. The van der Waals surface area contributed by atoms with Gasteiger partial charge in [-0.2, -0.15) is 0 Å². The fourth-order valence-corrected chi connectivity index (χ4v) is 3.33. The zero-order valence-corrected chi connectivity index (χ0v) is 11.9. The molecular weight excluding hydrogens is 262 g/mol. The lowest BCUT2D eigenvalue weighted by atomic mass is 10.1. The fourth-order valence-electron chi connectivity index (χ4n) is 2.07. The topological polar surface area (TPSA) is 0 Å². The summed E-state index contributed by atoms with van der Waals surface area (Å²) in [4.78, 5) is 1.73. The van der Waals surface area contributed by atoms with Crippen molar-refractivity contribution in [3.05, 3.63) is 59.2 Å². The quantitative estimate of drug-likeness (QED) is 0.737. The molecule has 0 aliphatic carbocycles. The highest BCUT2D eigenvalue weighted by Gasteiger charge is 2.12. The summed E-state index contributed by atoms with van der Waals surface area (Å²) >= 11 is 1.44. The first-order chi connectivity index (χ1) is 9.17. The highest BCUT2D eigenvalue weighted by Crippen LogP contribution is 2.35. The van der Waals surface area contributed by atoms with Crippen LogP contribution in [-0.2, 0) is 12.8 Å². The zero-order valence-electron chi connectivity index (χ0n) is 11.0. The molecule has 3 heteroatoms. The monoisotopic (exact) mass is 278 g/mol. The predicted octanol–water partition coefficient (Wildman–Crippen LogP) is 5.24. The molecule has 0 atom stereocenters. The van der Waals surface area contributed by atoms with E-state index in [0.29, 0.717) is 24.0 Å². The summed E-state index contributed by atoms with van der Waals surface area (Å²) < 4.78 is 27.5. The Bertz CT molecular complexity index is 527. The van der Waals surface area contributed by atoms with E-state index < -0.39 is 0 Å². The van der Waals surface area contributed by atoms with Crippen LogP contribution in [0.1, 0.15) is 25.0 Å². The molecule has 0 N–H and O–H groups in total. The lowest BCUT2D eigenvalue weighted by molar-refractivity contribution is 0.605. The van der Waals surface area contributed by atoms with Crippen LogP contribution in [0.5, 0.6) is 0 Å². The van der Waals surface area contributed by atoms with Gasteiger partial charge < -0.3 is 0 Å². The van der Waals surface area contributed by atoms with E-state index in [1.807, 2.05) is 26.0 Å². The Hall–Kier alpha value is -1.35. The third-order valence-corrected chi connectivity index (χ3v) is 4.28. The predicted molar refractivity (Wildman–Crippen MR) is 75.7 cm³/mol. The van der Waals surface area contributed by atoms with E-state index in [9.17, 15) is 8.78 Å². The van der Waals surface area contributed by atoms with Crippen LogP contribution >= 0.6 is 11.8 Å². The Morgan fingerprint density at radius 2 is 1.21 bits per heavy atom. The van der Waals surface area contributed by atoms with Gasteiger partial charge in [0.05, 0.1) is 0 Å². The molecule has 0 bridgehead atoms. The Morgan fingerprint density at radius 3 is 1.58 bits per heavy atom. The lowest BCUT2D eigenvalue weighted by Gasteiger charge is -2.11. The van der Waals surface area contributed by atoms with Crippen LogP contribution in [0.25, 0.3) is 0 Å². The van der Waals surface area contributed by atoms with Crippen LogP contribution in [-0.4, -0.2) is 0 Å². The normalized spacial score (nSPS) is 10.7. The SMILES string of the molecule is CCc1c(F)cccc1Sc1cccc(F)c1CC. The molecular formula is C16H16F2S. The van der Waals surface area contributed by atoms with Crippen molar-refractivity contribution in [2.75, 3.05) is 0 Å². The Balaban J connectivity index is 2.42. The van der Waals surface area contributed by atoms with Crippen LogP contribution < -0.4 is 0 Å². The standard InChI is InChI=1S/C16H16F2S/c1-3-11-13(17)7-5-9-15(11)19-16-10-6-8-14(18)12(16)4-2/h5-10H,3-4H2,1-2H3. The van der Waals surface area contributed by atoms with Crippen LogP contribution in [0, 0.1) is 11.6 Å². The van der Waals surface area contributed by atoms with E-state index >= 15 is 0 Å². The van der Waals surface area contributed by atoms with Gasteiger partial charge in [0, 0.05) is 20.9 Å². The number of halogens is 2. The molecule has 0 saturated heterocycles. The molecule has 2 rings (SSSR count). The van der Waals surface area contributed by atoms with Gasteiger partial charge in [0.15, 0.2) is 0 Å². The van der Waals surface area contributed by atoms with E-state index in [2.05, 4.69) is 0 Å². The minimum absolute atomic E-state index is 0.193. The third-order valence-electron chi connectivity index (χ3n) is 3.08. The van der Waals surface area contributed by atoms with Gasteiger partial charge in [0.25, 0.3) is 0 Å². The highest BCUT2D eigenvalue weighted by molar-refractivity contribution is 7.99. The third kappa shape index (κ3) is 2.98. The molecule has 0 unspecified atom stereocenters. The molecule has 19 heavy (non-hydrogen) atoms. The molecule has 2 aromatic rings. The number of hydrogen-bond donors (Lipinski definition) is 0. The molecule has 0 nitrogen and oxygen atoms in total. The maximum atomic E-state index is 13.7. The van der Waals surface area contributed by atoms with Crippen molar-refractivity contribution >= 4 is 11.8 Å². The van der Waals surface area contributed by atoms with Crippen molar-refractivity contribution < 1.29 is 8.78 Å². The van der Waals surface area contributed by atoms with E-state index in [-0.39, 0.29) is 11.6 Å². The minimum atomic E-state index is -0.193. The second-order valence-electron chi connectivity index (χ2n) is 4.24. The van der Waals surface area contributed by atoms with Crippen molar-refractivity contribution in [1.29, 1.82) is 0 Å². The number of benzene rings is 2. The van der Waals surface area contributed by atoms with Gasteiger partial charge in [0.2, 0.25) is 0 Å². The first-order valence-corrected chi connectivity index (χ1v) is 7.21. The number of rotatable bonds is 4. The van der Waals surface area contributed by atoms with Gasteiger partial charge in [-0.1, -0.05) is 37.7 Å². The highest BCUT2D eigenvalue weighted by atomic mass is 32.2. The van der Waals surface area contributed by atoms with Crippen LogP contribution in [0.3, 0.4) is 0 Å². The second-order valence-corrected chi connectivity index (χ2v) is 5.33. The molecule has 0 radical (unpaired) electrons. The van der Waals surface area contributed by atoms with Gasteiger partial charge in [-0.25, -0.2) is 8.78 Å². The van der Waals surface area contributed by atoms with Gasteiger partial charge in [-0.15, -0.1) is 0 Å². The number of hydrogen-bond acceptors (Lipinski definition) is 1. The summed E-state index contributed by atoms with van der Waals surface area (Å²) in [6.45, 7) is 3.85. The van der Waals surface area contributed by atoms with E-state index in [0.717, 1.165) is 9.79 Å². The average Bonchev–Trinajstić information content (AvgIpc) is 2.39. The Kier molecular flexibility index (Phi) is 4.59. The Labute approximate surface area is 116 Å². The van der Waals surface area contributed by atoms with Crippen LogP contribution in [0.15, 0.2) is 46.2 Å². The summed E-state index contributed by atoms with van der Waals surface area (Å²) in [5, 5.41) is 0. The minimum Gasteiger partial charge on any atom is -0.207 e. The molecule has 0 aliphatic rings. The summed E-state index contributed by atoms with van der Waals surface area (Å²) in [6, 6.07) is 10.1. The average molecular weight is 278 g/mol. The van der Waals surface area contributed by atoms with E-state index in [1.165, 1.54) is 23.9 Å². The summed E-state index contributed by atoms with van der Waals surface area (Å²) in [5.41, 5.74) is 1.39. The first kappa shape index (κ1) is 14.1. The molecule has 0 heterocycles. The van der Waals surface area contributed by atoms with Gasteiger partial charge in [-0.3, -0.25) is 0 Å². The maximum absolute atomic E-state index is 13.7. The molecule has 0 fully saturated rings. The van der Waals surface area contributed by atoms with Gasteiger partial charge >= 0.3 is 0 Å². The van der Waals surface area contributed by atoms with Crippen molar-refractivity contribution in [1.82, 2.24) is 0 Å². The maximum Gasteiger partial charge on any atom is 0.127 e. The van der Waals surface area contributed by atoms with Gasteiger partial charge in [0.1, 0.15) is 11.6 Å². The van der Waals surface area contributed by atoms with Crippen molar-refractivity contribution in [3.63, 3.8) is 0 Å². The summed E-state index contributed by atoms with van der Waals surface area (Å²) in [7, 11) is 0.